The molecule has 0 aliphatic carbocycles. The molecule has 0 amide bonds. The monoisotopic (exact) mass is 215 g/mol. The number of hydrogen-bond acceptors (Lipinski definition) is 2. The second-order valence-corrected chi connectivity index (χ2v) is 4.10. The third-order valence-corrected chi connectivity index (χ3v) is 2.93. The quantitative estimate of drug-likeness (QED) is 0.722. The zero-order valence-electron chi connectivity index (χ0n) is 10.1. The SMILES string of the molecule is CCC(CC#N)C(=O)c1c(C)cccc1C. The van der Waals surface area contributed by atoms with E-state index in [9.17, 15) is 4.79 Å². The first-order valence-electron chi connectivity index (χ1n) is 5.59. The molecule has 0 heterocycles. The fraction of sp³-hybridized carbons (Fsp3) is 0.429. The summed E-state index contributed by atoms with van der Waals surface area (Å²) in [4.78, 5) is 12.3. The lowest BCUT2D eigenvalue weighted by Gasteiger charge is -2.14. The van der Waals surface area contributed by atoms with Crippen molar-refractivity contribution < 1.29 is 4.79 Å². The summed E-state index contributed by atoms with van der Waals surface area (Å²) in [6.07, 6.45) is 1.03. The molecule has 2 heteroatoms. The number of nitrogens with zero attached hydrogens (tertiary/aromatic N) is 1. The molecule has 84 valence electrons. The van der Waals surface area contributed by atoms with Gasteiger partial charge in [0.25, 0.3) is 0 Å². The first kappa shape index (κ1) is 12.4. The highest BCUT2D eigenvalue weighted by Gasteiger charge is 2.20. The zero-order chi connectivity index (χ0) is 12.1. The molecule has 0 saturated heterocycles. The number of carbonyl (C=O) groups excluding carboxylic acids is 1. The molecule has 1 rings (SSSR count). The third kappa shape index (κ3) is 2.49. The molecule has 0 fully saturated rings. The molecule has 1 atom stereocenters. The van der Waals surface area contributed by atoms with Crippen LogP contribution in [0.15, 0.2) is 18.2 Å². The third-order valence-electron chi connectivity index (χ3n) is 2.93. The highest BCUT2D eigenvalue weighted by atomic mass is 16.1. The van der Waals surface area contributed by atoms with Gasteiger partial charge in [-0.1, -0.05) is 25.1 Å². The van der Waals surface area contributed by atoms with E-state index in [0.29, 0.717) is 6.42 Å². The first-order chi connectivity index (χ1) is 7.61. The molecule has 16 heavy (non-hydrogen) atoms. The maximum absolute atomic E-state index is 12.3. The molecule has 1 unspecified atom stereocenters. The van der Waals surface area contributed by atoms with E-state index in [2.05, 4.69) is 6.07 Å². The number of Topliss-reactive ketones (excluding diaryl/α,β-unsaturated/α-hetero) is 1. The Bertz CT molecular complexity index is 409. The Labute approximate surface area is 96.9 Å². The molecule has 0 bridgehead atoms. The van der Waals surface area contributed by atoms with Crippen LogP contribution >= 0.6 is 0 Å². The molecule has 2 nitrogen and oxygen atoms in total. The van der Waals surface area contributed by atoms with E-state index in [-0.39, 0.29) is 11.7 Å². The number of hydrogen-bond donors (Lipinski definition) is 0. The predicted molar refractivity (Wildman–Crippen MR) is 64.3 cm³/mol. The summed E-state index contributed by atoms with van der Waals surface area (Å²) in [5, 5.41) is 8.70. The lowest BCUT2D eigenvalue weighted by Crippen LogP contribution is -2.16. The van der Waals surface area contributed by atoms with Crippen LogP contribution in [-0.2, 0) is 0 Å². The Kier molecular flexibility index (Phi) is 4.25. The summed E-state index contributed by atoms with van der Waals surface area (Å²) >= 11 is 0. The van der Waals surface area contributed by atoms with Gasteiger partial charge in [0.2, 0.25) is 0 Å². The van der Waals surface area contributed by atoms with Crippen molar-refractivity contribution in [1.29, 1.82) is 5.26 Å². The molecular formula is C14H17NO. The number of benzene rings is 1. The van der Waals surface area contributed by atoms with Crippen molar-refractivity contribution >= 4 is 5.78 Å². The highest BCUT2D eigenvalue weighted by molar-refractivity contribution is 6.00. The summed E-state index contributed by atoms with van der Waals surface area (Å²) in [5.74, 6) is -0.0514. The van der Waals surface area contributed by atoms with Crippen molar-refractivity contribution in [3.63, 3.8) is 0 Å². The molecule has 0 aliphatic heterocycles. The van der Waals surface area contributed by atoms with Gasteiger partial charge in [-0.25, -0.2) is 0 Å². The van der Waals surface area contributed by atoms with E-state index in [1.807, 2.05) is 39.0 Å². The lowest BCUT2D eigenvalue weighted by molar-refractivity contribution is 0.0917. The van der Waals surface area contributed by atoms with Gasteiger partial charge in [0.1, 0.15) is 0 Å². The van der Waals surface area contributed by atoms with Crippen molar-refractivity contribution in [2.24, 2.45) is 5.92 Å². The molecule has 0 saturated carbocycles. The van der Waals surface area contributed by atoms with Gasteiger partial charge in [-0.2, -0.15) is 5.26 Å². The fourth-order valence-corrected chi connectivity index (χ4v) is 1.94. The van der Waals surface area contributed by atoms with Gasteiger partial charge in [-0.05, 0) is 31.4 Å². The van der Waals surface area contributed by atoms with Gasteiger partial charge in [0.15, 0.2) is 5.78 Å². The van der Waals surface area contributed by atoms with Crippen molar-refractivity contribution in [1.82, 2.24) is 0 Å². The van der Waals surface area contributed by atoms with Crippen LogP contribution in [0.2, 0.25) is 0 Å². The maximum Gasteiger partial charge on any atom is 0.167 e. The molecule has 1 aromatic carbocycles. The number of aryl methyl sites for hydroxylation is 2. The van der Waals surface area contributed by atoms with Gasteiger partial charge in [0, 0.05) is 17.9 Å². The Morgan fingerprint density at radius 2 is 1.94 bits per heavy atom. The summed E-state index contributed by atoms with van der Waals surface area (Å²) in [6, 6.07) is 7.93. The van der Waals surface area contributed by atoms with Gasteiger partial charge in [0.05, 0.1) is 6.07 Å². The van der Waals surface area contributed by atoms with Crippen molar-refractivity contribution in [2.45, 2.75) is 33.6 Å². The summed E-state index contributed by atoms with van der Waals surface area (Å²) in [6.45, 7) is 5.84. The number of nitriles is 1. The molecule has 0 spiro atoms. The van der Waals surface area contributed by atoms with Crippen LogP contribution in [0.4, 0.5) is 0 Å². The maximum atomic E-state index is 12.3. The van der Waals surface area contributed by atoms with Crippen molar-refractivity contribution in [3.8, 4) is 6.07 Å². The first-order valence-corrected chi connectivity index (χ1v) is 5.59. The lowest BCUT2D eigenvalue weighted by atomic mass is 9.88. The Morgan fingerprint density at radius 1 is 1.38 bits per heavy atom. The Hall–Kier alpha value is -1.62. The second kappa shape index (κ2) is 5.46. The van der Waals surface area contributed by atoms with Crippen LogP contribution in [0, 0.1) is 31.1 Å². The van der Waals surface area contributed by atoms with Gasteiger partial charge in [-0.15, -0.1) is 0 Å². The second-order valence-electron chi connectivity index (χ2n) is 4.10. The Morgan fingerprint density at radius 3 is 2.38 bits per heavy atom. The van der Waals surface area contributed by atoms with Crippen LogP contribution in [0.1, 0.15) is 41.3 Å². The number of carbonyl (C=O) groups is 1. The van der Waals surface area contributed by atoms with E-state index in [0.717, 1.165) is 23.1 Å². The zero-order valence-corrected chi connectivity index (χ0v) is 10.1. The number of rotatable bonds is 4. The van der Waals surface area contributed by atoms with Crippen LogP contribution in [0.3, 0.4) is 0 Å². The van der Waals surface area contributed by atoms with E-state index in [4.69, 9.17) is 5.26 Å². The minimum atomic E-state index is -0.162. The van der Waals surface area contributed by atoms with Crippen LogP contribution in [0.5, 0.6) is 0 Å². The van der Waals surface area contributed by atoms with Crippen LogP contribution < -0.4 is 0 Å². The van der Waals surface area contributed by atoms with Crippen LogP contribution in [0.25, 0.3) is 0 Å². The van der Waals surface area contributed by atoms with Crippen LogP contribution in [-0.4, -0.2) is 5.78 Å². The minimum Gasteiger partial charge on any atom is -0.294 e. The van der Waals surface area contributed by atoms with Gasteiger partial charge in [-0.3, -0.25) is 4.79 Å². The summed E-state index contributed by atoms with van der Waals surface area (Å²) in [5.41, 5.74) is 2.80. The predicted octanol–water partition coefficient (Wildman–Crippen LogP) is 3.43. The Balaban J connectivity index is 3.09. The van der Waals surface area contributed by atoms with E-state index in [1.54, 1.807) is 0 Å². The molecule has 0 radical (unpaired) electrons. The average molecular weight is 215 g/mol. The molecule has 1 aromatic rings. The van der Waals surface area contributed by atoms with E-state index < -0.39 is 0 Å². The summed E-state index contributed by atoms with van der Waals surface area (Å²) < 4.78 is 0. The van der Waals surface area contributed by atoms with E-state index >= 15 is 0 Å². The normalized spacial score (nSPS) is 11.9. The van der Waals surface area contributed by atoms with E-state index in [1.165, 1.54) is 0 Å². The smallest absolute Gasteiger partial charge is 0.167 e. The van der Waals surface area contributed by atoms with Gasteiger partial charge < -0.3 is 0 Å². The standard InChI is InChI=1S/C14H17NO/c1-4-12(8-9-15)14(16)13-10(2)6-5-7-11(13)3/h5-7,12H,4,8H2,1-3H3. The summed E-state index contributed by atoms with van der Waals surface area (Å²) in [7, 11) is 0. The molecule has 0 N–H and O–H groups in total. The number of ketones is 1. The largest absolute Gasteiger partial charge is 0.294 e. The van der Waals surface area contributed by atoms with Crippen molar-refractivity contribution in [3.05, 3.63) is 34.9 Å². The highest BCUT2D eigenvalue weighted by Crippen LogP contribution is 2.21. The molecular weight excluding hydrogens is 198 g/mol. The fourth-order valence-electron chi connectivity index (χ4n) is 1.94. The van der Waals surface area contributed by atoms with Crippen molar-refractivity contribution in [2.75, 3.05) is 0 Å². The minimum absolute atomic E-state index is 0.111. The topological polar surface area (TPSA) is 40.9 Å². The molecule has 0 aromatic heterocycles. The van der Waals surface area contributed by atoms with Gasteiger partial charge >= 0.3 is 0 Å². The average Bonchev–Trinajstić information content (AvgIpc) is 2.25. The molecule has 0 aliphatic rings.